The molecule has 0 bridgehead atoms. The van der Waals surface area contributed by atoms with Gasteiger partial charge in [0.25, 0.3) is 10.0 Å². The van der Waals surface area contributed by atoms with Gasteiger partial charge < -0.3 is 10.6 Å². The van der Waals surface area contributed by atoms with Gasteiger partial charge in [-0.1, -0.05) is 18.9 Å². The van der Waals surface area contributed by atoms with Crippen molar-refractivity contribution in [3.05, 3.63) is 53.6 Å². The Hall–Kier alpha value is -2.45. The molecule has 0 unspecified atom stereocenters. The van der Waals surface area contributed by atoms with E-state index in [0.717, 1.165) is 36.8 Å². The zero-order valence-corrected chi connectivity index (χ0v) is 18.1. The smallest absolute Gasteiger partial charge is 0.261 e. The van der Waals surface area contributed by atoms with E-state index in [1.165, 1.54) is 12.1 Å². The summed E-state index contributed by atoms with van der Waals surface area (Å²) in [4.78, 5) is 12.3. The molecule has 1 aliphatic rings. The van der Waals surface area contributed by atoms with E-state index in [2.05, 4.69) is 15.4 Å². The summed E-state index contributed by atoms with van der Waals surface area (Å²) in [5, 5.41) is 5.84. The number of hydrogen-bond donors (Lipinski definition) is 3. The van der Waals surface area contributed by atoms with Crippen LogP contribution in [-0.4, -0.2) is 19.4 Å². The number of benzene rings is 2. The highest BCUT2D eigenvalue weighted by molar-refractivity contribution is 7.92. The predicted octanol–water partition coefficient (Wildman–Crippen LogP) is 4.11. The minimum atomic E-state index is -3.70. The Balaban J connectivity index is 1.61. The van der Waals surface area contributed by atoms with Crippen LogP contribution in [0, 0.1) is 19.8 Å². The molecule has 1 aliphatic carbocycles. The molecule has 0 saturated heterocycles. The second-order valence-electron chi connectivity index (χ2n) is 7.35. The Morgan fingerprint density at radius 1 is 0.966 bits per heavy atom. The van der Waals surface area contributed by atoms with Crippen LogP contribution in [0.2, 0.25) is 0 Å². The van der Waals surface area contributed by atoms with E-state index in [1.54, 1.807) is 24.3 Å². The van der Waals surface area contributed by atoms with Gasteiger partial charge in [-0.25, -0.2) is 8.42 Å². The topological polar surface area (TPSA) is 87.3 Å². The molecule has 2 aromatic carbocycles. The molecule has 0 spiro atoms. The number of rotatable bonds is 5. The maximum atomic E-state index is 12.6. The molecule has 3 rings (SSSR count). The van der Waals surface area contributed by atoms with E-state index in [0.29, 0.717) is 11.4 Å². The summed E-state index contributed by atoms with van der Waals surface area (Å²) >= 11 is 5.19. The van der Waals surface area contributed by atoms with Crippen molar-refractivity contribution in [2.45, 2.75) is 44.4 Å². The molecule has 0 aliphatic heterocycles. The first kappa shape index (κ1) is 21.3. The maximum absolute atomic E-state index is 12.6. The number of anilines is 2. The zero-order chi connectivity index (χ0) is 21.0. The molecule has 1 fully saturated rings. The molecular weight excluding hydrogens is 406 g/mol. The molecule has 6 nitrogen and oxygen atoms in total. The van der Waals surface area contributed by atoms with Gasteiger partial charge in [0, 0.05) is 17.3 Å². The highest BCUT2D eigenvalue weighted by Gasteiger charge is 2.23. The summed E-state index contributed by atoms with van der Waals surface area (Å²) < 4.78 is 27.8. The van der Waals surface area contributed by atoms with Gasteiger partial charge >= 0.3 is 0 Å². The minimum Gasteiger partial charge on any atom is -0.332 e. The first-order valence-electron chi connectivity index (χ1n) is 9.56. The van der Waals surface area contributed by atoms with Gasteiger partial charge in [0.2, 0.25) is 5.91 Å². The lowest BCUT2D eigenvalue weighted by molar-refractivity contribution is -0.123. The second-order valence-corrected chi connectivity index (χ2v) is 9.44. The molecule has 0 radical (unpaired) electrons. The monoisotopic (exact) mass is 431 g/mol. The average Bonchev–Trinajstić information content (AvgIpc) is 3.20. The third kappa shape index (κ3) is 5.55. The van der Waals surface area contributed by atoms with Crippen LogP contribution in [0.1, 0.15) is 36.8 Å². The molecule has 29 heavy (non-hydrogen) atoms. The van der Waals surface area contributed by atoms with Gasteiger partial charge in [-0.05, 0) is 86.4 Å². The lowest BCUT2D eigenvalue weighted by Crippen LogP contribution is -2.37. The Labute approximate surface area is 177 Å². The van der Waals surface area contributed by atoms with E-state index in [1.807, 2.05) is 19.9 Å². The SMILES string of the molecule is Cc1ccc(NS(=O)(=O)c2ccc(NC(=S)NC(=O)C3CCCC3)cc2)cc1C. The van der Waals surface area contributed by atoms with Crippen molar-refractivity contribution in [3.63, 3.8) is 0 Å². The summed E-state index contributed by atoms with van der Waals surface area (Å²) in [6, 6.07) is 11.6. The number of carbonyl (C=O) groups is 1. The van der Waals surface area contributed by atoms with Crippen molar-refractivity contribution in [3.8, 4) is 0 Å². The number of hydrogen-bond acceptors (Lipinski definition) is 4. The fourth-order valence-electron chi connectivity index (χ4n) is 3.30. The quantitative estimate of drug-likeness (QED) is 0.620. The normalized spacial score (nSPS) is 14.4. The van der Waals surface area contributed by atoms with Crippen LogP contribution in [0.4, 0.5) is 11.4 Å². The van der Waals surface area contributed by atoms with Crippen LogP contribution in [0.25, 0.3) is 0 Å². The molecule has 2 aromatic rings. The summed E-state index contributed by atoms with van der Waals surface area (Å²) in [7, 11) is -3.70. The van der Waals surface area contributed by atoms with Gasteiger partial charge in [-0.3, -0.25) is 9.52 Å². The number of amides is 1. The van der Waals surface area contributed by atoms with Crippen LogP contribution in [0.5, 0.6) is 0 Å². The zero-order valence-electron chi connectivity index (χ0n) is 16.5. The third-order valence-corrected chi connectivity index (χ3v) is 6.75. The first-order chi connectivity index (χ1) is 13.7. The number of thiocarbonyl (C=S) groups is 1. The van der Waals surface area contributed by atoms with E-state index in [-0.39, 0.29) is 21.8 Å². The van der Waals surface area contributed by atoms with Crippen molar-refractivity contribution in [1.82, 2.24) is 5.32 Å². The summed E-state index contributed by atoms with van der Waals surface area (Å²) in [6.45, 7) is 3.90. The average molecular weight is 432 g/mol. The van der Waals surface area contributed by atoms with Crippen LogP contribution in [-0.2, 0) is 14.8 Å². The molecule has 8 heteroatoms. The molecule has 3 N–H and O–H groups in total. The number of carbonyl (C=O) groups excluding carboxylic acids is 1. The molecule has 0 heterocycles. The van der Waals surface area contributed by atoms with E-state index < -0.39 is 10.0 Å². The largest absolute Gasteiger partial charge is 0.332 e. The van der Waals surface area contributed by atoms with Crippen molar-refractivity contribution < 1.29 is 13.2 Å². The molecule has 1 amide bonds. The van der Waals surface area contributed by atoms with Gasteiger partial charge in [-0.2, -0.15) is 0 Å². The standard InChI is InChI=1S/C21H25N3O3S2/c1-14-7-8-18(13-15(14)2)24-29(26,27)19-11-9-17(10-12-19)22-21(28)23-20(25)16-5-3-4-6-16/h7-13,16,24H,3-6H2,1-2H3,(H2,22,23,25,28). The lowest BCUT2D eigenvalue weighted by Gasteiger charge is -2.13. The van der Waals surface area contributed by atoms with E-state index in [9.17, 15) is 13.2 Å². The van der Waals surface area contributed by atoms with Crippen LogP contribution < -0.4 is 15.4 Å². The summed E-state index contributed by atoms with van der Waals surface area (Å²) in [5.74, 6) is -0.0319. The number of aryl methyl sites for hydroxylation is 2. The summed E-state index contributed by atoms with van der Waals surface area (Å²) in [5.41, 5.74) is 3.23. The van der Waals surface area contributed by atoms with Gasteiger partial charge in [0.15, 0.2) is 5.11 Å². The fourth-order valence-corrected chi connectivity index (χ4v) is 4.57. The third-order valence-electron chi connectivity index (χ3n) is 5.14. The first-order valence-corrected chi connectivity index (χ1v) is 11.5. The maximum Gasteiger partial charge on any atom is 0.261 e. The molecular formula is C21H25N3O3S2. The lowest BCUT2D eigenvalue weighted by atomic mass is 10.1. The molecule has 1 saturated carbocycles. The van der Waals surface area contributed by atoms with Crippen molar-refractivity contribution in [1.29, 1.82) is 0 Å². The Bertz CT molecular complexity index is 1010. The summed E-state index contributed by atoms with van der Waals surface area (Å²) in [6.07, 6.45) is 3.94. The number of nitrogens with one attached hydrogen (secondary N) is 3. The second kappa shape index (κ2) is 8.92. The van der Waals surface area contributed by atoms with Gasteiger partial charge in [0.1, 0.15) is 0 Å². The van der Waals surface area contributed by atoms with Crippen molar-refractivity contribution >= 4 is 44.6 Å². The van der Waals surface area contributed by atoms with Crippen LogP contribution in [0.3, 0.4) is 0 Å². The Morgan fingerprint density at radius 3 is 2.21 bits per heavy atom. The molecule has 0 atom stereocenters. The van der Waals surface area contributed by atoms with Crippen LogP contribution in [0.15, 0.2) is 47.4 Å². The van der Waals surface area contributed by atoms with E-state index >= 15 is 0 Å². The van der Waals surface area contributed by atoms with Gasteiger partial charge in [0.05, 0.1) is 4.90 Å². The Morgan fingerprint density at radius 2 is 1.59 bits per heavy atom. The molecule has 154 valence electrons. The van der Waals surface area contributed by atoms with Crippen molar-refractivity contribution in [2.75, 3.05) is 10.0 Å². The van der Waals surface area contributed by atoms with E-state index in [4.69, 9.17) is 12.2 Å². The number of sulfonamides is 1. The van der Waals surface area contributed by atoms with Crippen LogP contribution >= 0.6 is 12.2 Å². The predicted molar refractivity (Wildman–Crippen MR) is 119 cm³/mol. The highest BCUT2D eigenvalue weighted by atomic mass is 32.2. The van der Waals surface area contributed by atoms with Crippen molar-refractivity contribution in [2.24, 2.45) is 5.92 Å². The highest BCUT2D eigenvalue weighted by Crippen LogP contribution is 2.25. The minimum absolute atomic E-state index is 0.0266. The molecule has 0 aromatic heterocycles. The van der Waals surface area contributed by atoms with Gasteiger partial charge in [-0.15, -0.1) is 0 Å². The Kier molecular flexibility index (Phi) is 6.54. The fraction of sp³-hybridized carbons (Fsp3) is 0.333.